The first-order valence-corrected chi connectivity index (χ1v) is 6.00. The summed E-state index contributed by atoms with van der Waals surface area (Å²) >= 11 is 0. The van der Waals surface area contributed by atoms with Gasteiger partial charge in [-0.15, -0.1) is 0 Å². The van der Waals surface area contributed by atoms with Gasteiger partial charge in [0.05, 0.1) is 17.8 Å². The number of hydrogen-bond donors (Lipinski definition) is 1. The lowest BCUT2D eigenvalue weighted by atomic mass is 9.88. The summed E-state index contributed by atoms with van der Waals surface area (Å²) in [5, 5.41) is 10.6. The van der Waals surface area contributed by atoms with Crippen molar-refractivity contribution in [1.29, 1.82) is 0 Å². The first kappa shape index (κ1) is 11.4. The number of pyridine rings is 1. The van der Waals surface area contributed by atoms with E-state index in [0.717, 1.165) is 10.9 Å². The number of hydrogen-bond acceptors (Lipinski definition) is 4. The fourth-order valence-corrected chi connectivity index (χ4v) is 2.27. The van der Waals surface area contributed by atoms with E-state index < -0.39 is 6.10 Å². The molecule has 4 nitrogen and oxygen atoms in total. The molecule has 1 aromatic heterocycles. The molecule has 4 heteroatoms. The van der Waals surface area contributed by atoms with Gasteiger partial charge in [-0.25, -0.2) is 0 Å². The highest BCUT2D eigenvalue weighted by molar-refractivity contribution is 5.79. The Labute approximate surface area is 105 Å². The summed E-state index contributed by atoms with van der Waals surface area (Å²) in [6, 6.07) is 9.85. The van der Waals surface area contributed by atoms with Crippen LogP contribution in [0.15, 0.2) is 36.5 Å². The van der Waals surface area contributed by atoms with Gasteiger partial charge in [0.1, 0.15) is 18.0 Å². The Morgan fingerprint density at radius 1 is 1.33 bits per heavy atom. The first-order chi connectivity index (χ1) is 8.78. The van der Waals surface area contributed by atoms with Crippen molar-refractivity contribution in [3.63, 3.8) is 0 Å². The van der Waals surface area contributed by atoms with Crippen LogP contribution in [0.25, 0.3) is 10.9 Å². The van der Waals surface area contributed by atoms with Crippen molar-refractivity contribution >= 4 is 10.9 Å². The lowest BCUT2D eigenvalue weighted by Gasteiger charge is -2.39. The predicted octanol–water partition coefficient (Wildman–Crippen LogP) is 1.76. The summed E-state index contributed by atoms with van der Waals surface area (Å²) in [5.74, 6) is 0.715. The van der Waals surface area contributed by atoms with E-state index in [9.17, 15) is 5.11 Å². The number of rotatable bonds is 3. The van der Waals surface area contributed by atoms with Crippen LogP contribution >= 0.6 is 0 Å². The molecule has 94 valence electrons. The molecule has 3 rings (SSSR count). The Hall–Kier alpha value is -1.65. The second-order valence-corrected chi connectivity index (χ2v) is 4.52. The normalized spacial score (nSPS) is 26.9. The molecule has 2 aromatic rings. The number of benzene rings is 1. The number of para-hydroxylation sites is 1. The van der Waals surface area contributed by atoms with Crippen LogP contribution in [0.4, 0.5) is 0 Å². The van der Waals surface area contributed by atoms with Gasteiger partial charge < -0.3 is 14.6 Å². The molecule has 1 aliphatic rings. The molecule has 0 saturated heterocycles. The molecular weight excluding hydrogens is 230 g/mol. The number of nitrogens with zero attached hydrogens (tertiary/aromatic N) is 1. The van der Waals surface area contributed by atoms with Gasteiger partial charge in [0.2, 0.25) is 0 Å². The van der Waals surface area contributed by atoms with E-state index in [1.54, 1.807) is 13.3 Å². The average Bonchev–Trinajstić information content (AvgIpc) is 2.38. The number of aromatic nitrogens is 1. The van der Waals surface area contributed by atoms with Crippen molar-refractivity contribution in [3.05, 3.63) is 36.5 Å². The lowest BCUT2D eigenvalue weighted by Crippen LogP contribution is -2.54. The Morgan fingerprint density at radius 3 is 2.94 bits per heavy atom. The summed E-state index contributed by atoms with van der Waals surface area (Å²) in [7, 11) is 1.59. The van der Waals surface area contributed by atoms with E-state index >= 15 is 0 Å². The van der Waals surface area contributed by atoms with Crippen LogP contribution in [0.2, 0.25) is 0 Å². The molecule has 0 aliphatic heterocycles. The van der Waals surface area contributed by atoms with Crippen molar-refractivity contribution < 1.29 is 14.6 Å². The largest absolute Gasteiger partial charge is 0.486 e. The van der Waals surface area contributed by atoms with Crippen LogP contribution < -0.4 is 4.74 Å². The maximum atomic E-state index is 9.51. The van der Waals surface area contributed by atoms with Crippen molar-refractivity contribution in [1.82, 2.24) is 4.98 Å². The van der Waals surface area contributed by atoms with E-state index in [2.05, 4.69) is 4.98 Å². The van der Waals surface area contributed by atoms with E-state index in [-0.39, 0.29) is 12.2 Å². The van der Waals surface area contributed by atoms with Gasteiger partial charge in [0.15, 0.2) is 0 Å². The van der Waals surface area contributed by atoms with E-state index in [4.69, 9.17) is 9.47 Å². The number of methoxy groups -OCH3 is 1. The molecule has 18 heavy (non-hydrogen) atoms. The molecular formula is C14H15NO3. The van der Waals surface area contributed by atoms with E-state index in [0.29, 0.717) is 12.2 Å². The smallest absolute Gasteiger partial charge is 0.138 e. The molecule has 1 aromatic carbocycles. The van der Waals surface area contributed by atoms with Crippen molar-refractivity contribution in [3.8, 4) is 5.75 Å². The van der Waals surface area contributed by atoms with Crippen LogP contribution in [-0.4, -0.2) is 35.5 Å². The number of aliphatic hydroxyl groups excluding tert-OH is 1. The molecule has 0 spiro atoms. The Morgan fingerprint density at radius 2 is 2.17 bits per heavy atom. The maximum Gasteiger partial charge on any atom is 0.138 e. The summed E-state index contributed by atoms with van der Waals surface area (Å²) in [5.41, 5.74) is 0.946. The van der Waals surface area contributed by atoms with Crippen molar-refractivity contribution in [2.75, 3.05) is 7.11 Å². The predicted molar refractivity (Wildman–Crippen MR) is 67.6 cm³/mol. The molecule has 0 bridgehead atoms. The van der Waals surface area contributed by atoms with Gasteiger partial charge in [-0.1, -0.05) is 18.2 Å². The third-order valence-corrected chi connectivity index (χ3v) is 3.34. The van der Waals surface area contributed by atoms with Crippen LogP contribution in [0, 0.1) is 0 Å². The molecule has 1 N–H and O–H groups in total. The van der Waals surface area contributed by atoms with Gasteiger partial charge in [-0.2, -0.15) is 0 Å². The van der Waals surface area contributed by atoms with Gasteiger partial charge in [-0.05, 0) is 12.1 Å². The Balaban J connectivity index is 1.79. The monoisotopic (exact) mass is 245 g/mol. The quantitative estimate of drug-likeness (QED) is 0.895. The van der Waals surface area contributed by atoms with Crippen LogP contribution in [0.1, 0.15) is 6.42 Å². The Kier molecular flexibility index (Phi) is 2.89. The molecule has 1 heterocycles. The molecule has 1 saturated carbocycles. The maximum absolute atomic E-state index is 9.51. The molecule has 1 fully saturated rings. The third kappa shape index (κ3) is 1.94. The molecule has 0 amide bonds. The molecule has 3 unspecified atom stereocenters. The zero-order valence-electron chi connectivity index (χ0n) is 10.1. The summed E-state index contributed by atoms with van der Waals surface area (Å²) in [4.78, 5) is 4.33. The second-order valence-electron chi connectivity index (χ2n) is 4.52. The highest BCUT2D eigenvalue weighted by Gasteiger charge is 2.42. The lowest BCUT2D eigenvalue weighted by molar-refractivity contribution is -0.149. The minimum atomic E-state index is -0.423. The van der Waals surface area contributed by atoms with E-state index in [1.165, 1.54) is 0 Å². The highest BCUT2D eigenvalue weighted by atomic mass is 16.6. The molecule has 3 atom stereocenters. The minimum absolute atomic E-state index is 0.0898. The number of ether oxygens (including phenoxy) is 2. The number of aliphatic hydroxyl groups is 1. The minimum Gasteiger partial charge on any atom is -0.486 e. The molecule has 0 radical (unpaired) electrons. The second kappa shape index (κ2) is 4.55. The zero-order valence-corrected chi connectivity index (χ0v) is 10.1. The molecule has 1 aliphatic carbocycles. The summed E-state index contributed by atoms with van der Waals surface area (Å²) < 4.78 is 11.0. The summed E-state index contributed by atoms with van der Waals surface area (Å²) in [6.07, 6.45) is 1.56. The zero-order chi connectivity index (χ0) is 12.5. The van der Waals surface area contributed by atoms with Gasteiger partial charge in [0, 0.05) is 18.9 Å². The summed E-state index contributed by atoms with van der Waals surface area (Å²) in [6.45, 7) is 0. The highest BCUT2D eigenvalue weighted by Crippen LogP contribution is 2.29. The van der Waals surface area contributed by atoms with Crippen LogP contribution in [0.5, 0.6) is 5.75 Å². The van der Waals surface area contributed by atoms with Gasteiger partial charge >= 0.3 is 0 Å². The van der Waals surface area contributed by atoms with Gasteiger partial charge in [0.25, 0.3) is 0 Å². The number of fused-ring (bicyclic) bond motifs is 1. The average molecular weight is 245 g/mol. The Bertz CT molecular complexity index is 557. The standard InChI is InChI=1S/C14H15NO3/c1-17-14-12(16)7-13(14)18-10-6-9-4-2-3-5-11(9)15-8-10/h2-6,8,12-14,16H,7H2,1H3. The fraction of sp³-hybridized carbons (Fsp3) is 0.357. The van der Waals surface area contributed by atoms with E-state index in [1.807, 2.05) is 30.3 Å². The van der Waals surface area contributed by atoms with Crippen LogP contribution in [0.3, 0.4) is 0 Å². The SMILES string of the molecule is COC1C(O)CC1Oc1cnc2ccccc2c1. The topological polar surface area (TPSA) is 51.6 Å². The van der Waals surface area contributed by atoms with Crippen molar-refractivity contribution in [2.24, 2.45) is 0 Å². The third-order valence-electron chi connectivity index (χ3n) is 3.34. The van der Waals surface area contributed by atoms with Crippen molar-refractivity contribution in [2.45, 2.75) is 24.7 Å². The fourth-order valence-electron chi connectivity index (χ4n) is 2.27. The first-order valence-electron chi connectivity index (χ1n) is 6.00. The van der Waals surface area contributed by atoms with Crippen LogP contribution in [-0.2, 0) is 4.74 Å². The van der Waals surface area contributed by atoms with Gasteiger partial charge in [-0.3, -0.25) is 4.98 Å².